The van der Waals surface area contributed by atoms with Gasteiger partial charge in [0.05, 0.1) is 6.61 Å². The highest BCUT2D eigenvalue weighted by molar-refractivity contribution is 7.13. The summed E-state index contributed by atoms with van der Waals surface area (Å²) in [6.07, 6.45) is -0.897. The lowest BCUT2D eigenvalue weighted by Crippen LogP contribution is -2.48. The minimum atomic E-state index is -0.897. The number of anilines is 1. The number of piperazine rings is 1. The van der Waals surface area contributed by atoms with E-state index in [1.807, 2.05) is 4.90 Å². The molecule has 1 aliphatic heterocycles. The molecule has 0 bridgehead atoms. The van der Waals surface area contributed by atoms with Crippen molar-refractivity contribution in [3.63, 3.8) is 0 Å². The van der Waals surface area contributed by atoms with Gasteiger partial charge in [0.25, 0.3) is 0 Å². The zero-order chi connectivity index (χ0) is 13.8. The van der Waals surface area contributed by atoms with E-state index in [-0.39, 0.29) is 0 Å². The predicted octanol–water partition coefficient (Wildman–Crippen LogP) is 1.12. The van der Waals surface area contributed by atoms with Crippen LogP contribution in [0.25, 0.3) is 0 Å². The van der Waals surface area contributed by atoms with Crippen LogP contribution in [0.5, 0.6) is 0 Å². The fourth-order valence-electron chi connectivity index (χ4n) is 1.80. The molecule has 19 heavy (non-hydrogen) atoms. The Bertz CT molecular complexity index is 468. The third-order valence-electron chi connectivity index (χ3n) is 2.80. The molecule has 1 aromatic rings. The minimum absolute atomic E-state index is 0.308. The summed E-state index contributed by atoms with van der Waals surface area (Å²) in [5.41, 5.74) is 0.308. The topological polar surface area (TPSA) is 83.0 Å². The van der Waals surface area contributed by atoms with Gasteiger partial charge in [-0.1, -0.05) is 0 Å². The number of carboxylic acid groups (broad SMARTS) is 1. The molecule has 1 aromatic heterocycles. The summed E-state index contributed by atoms with van der Waals surface area (Å²) in [6.45, 7) is 4.14. The molecule has 0 spiro atoms. The van der Waals surface area contributed by atoms with E-state index >= 15 is 0 Å². The third kappa shape index (κ3) is 3.14. The van der Waals surface area contributed by atoms with E-state index < -0.39 is 12.1 Å². The van der Waals surface area contributed by atoms with E-state index in [2.05, 4.69) is 4.98 Å². The van der Waals surface area contributed by atoms with Crippen LogP contribution in [0.15, 0.2) is 5.38 Å². The van der Waals surface area contributed by atoms with Gasteiger partial charge in [0, 0.05) is 31.6 Å². The summed E-state index contributed by atoms with van der Waals surface area (Å²) < 4.78 is 4.88. The molecule has 1 aliphatic rings. The average Bonchev–Trinajstić information content (AvgIpc) is 2.89. The number of hydrogen-bond donors (Lipinski definition) is 1. The standard InChI is InChI=1S/C11H15N3O4S/c1-2-18-9(15)8-7-19-10(12-8)13-3-5-14(6-4-13)11(16)17/h7H,2-6H2,1H3,(H,16,17). The van der Waals surface area contributed by atoms with Crippen LogP contribution < -0.4 is 4.90 Å². The van der Waals surface area contributed by atoms with Crippen molar-refractivity contribution < 1.29 is 19.4 Å². The molecular formula is C11H15N3O4S. The van der Waals surface area contributed by atoms with Crippen molar-refractivity contribution in [2.75, 3.05) is 37.7 Å². The highest BCUT2D eigenvalue weighted by atomic mass is 32.1. The zero-order valence-electron chi connectivity index (χ0n) is 10.5. The Kier molecular flexibility index (Phi) is 4.20. The van der Waals surface area contributed by atoms with Crippen molar-refractivity contribution >= 4 is 28.5 Å². The highest BCUT2D eigenvalue weighted by Gasteiger charge is 2.23. The zero-order valence-corrected chi connectivity index (χ0v) is 11.4. The molecule has 1 amide bonds. The summed E-state index contributed by atoms with van der Waals surface area (Å²) in [5, 5.41) is 11.3. The van der Waals surface area contributed by atoms with Crippen molar-refractivity contribution in [3.8, 4) is 0 Å². The molecule has 1 fully saturated rings. The van der Waals surface area contributed by atoms with Gasteiger partial charge in [0.1, 0.15) is 0 Å². The number of thiazole rings is 1. The number of ether oxygens (including phenoxy) is 1. The Labute approximate surface area is 114 Å². The molecule has 2 heterocycles. The molecule has 0 radical (unpaired) electrons. The van der Waals surface area contributed by atoms with E-state index in [0.717, 1.165) is 5.13 Å². The van der Waals surface area contributed by atoms with E-state index in [1.165, 1.54) is 16.2 Å². The number of hydrogen-bond acceptors (Lipinski definition) is 6. The number of aromatic nitrogens is 1. The van der Waals surface area contributed by atoms with Gasteiger partial charge >= 0.3 is 12.1 Å². The lowest BCUT2D eigenvalue weighted by Gasteiger charge is -2.32. The van der Waals surface area contributed by atoms with Gasteiger partial charge in [-0.05, 0) is 6.92 Å². The van der Waals surface area contributed by atoms with Crippen molar-refractivity contribution in [1.82, 2.24) is 9.88 Å². The van der Waals surface area contributed by atoms with Gasteiger partial charge < -0.3 is 19.6 Å². The molecule has 0 atom stereocenters. The number of nitrogens with zero attached hydrogens (tertiary/aromatic N) is 3. The monoisotopic (exact) mass is 285 g/mol. The second kappa shape index (κ2) is 5.87. The van der Waals surface area contributed by atoms with Crippen LogP contribution in [0.2, 0.25) is 0 Å². The van der Waals surface area contributed by atoms with E-state index in [0.29, 0.717) is 38.5 Å². The lowest BCUT2D eigenvalue weighted by molar-refractivity contribution is 0.0520. The molecule has 2 rings (SSSR count). The van der Waals surface area contributed by atoms with Crippen LogP contribution in [-0.2, 0) is 4.74 Å². The number of rotatable bonds is 3. The second-order valence-electron chi connectivity index (χ2n) is 3.99. The summed E-state index contributed by atoms with van der Waals surface area (Å²) in [7, 11) is 0. The number of carbonyl (C=O) groups excluding carboxylic acids is 1. The van der Waals surface area contributed by atoms with Gasteiger partial charge in [0.15, 0.2) is 10.8 Å². The normalized spacial score (nSPS) is 15.4. The molecule has 8 heteroatoms. The first-order valence-corrected chi connectivity index (χ1v) is 6.85. The van der Waals surface area contributed by atoms with Gasteiger partial charge in [0.2, 0.25) is 0 Å². The lowest BCUT2D eigenvalue weighted by atomic mass is 10.3. The third-order valence-corrected chi connectivity index (χ3v) is 3.70. The number of carbonyl (C=O) groups is 2. The van der Waals surface area contributed by atoms with E-state index in [1.54, 1.807) is 12.3 Å². The molecule has 1 N–H and O–H groups in total. The van der Waals surface area contributed by atoms with E-state index in [9.17, 15) is 9.59 Å². The summed E-state index contributed by atoms with van der Waals surface area (Å²) >= 11 is 1.37. The maximum Gasteiger partial charge on any atom is 0.407 e. The predicted molar refractivity (Wildman–Crippen MR) is 69.9 cm³/mol. The quantitative estimate of drug-likeness (QED) is 0.838. The smallest absolute Gasteiger partial charge is 0.407 e. The van der Waals surface area contributed by atoms with Crippen molar-refractivity contribution in [2.24, 2.45) is 0 Å². The number of esters is 1. The largest absolute Gasteiger partial charge is 0.465 e. The first-order valence-electron chi connectivity index (χ1n) is 5.97. The average molecular weight is 285 g/mol. The molecule has 0 saturated carbocycles. The van der Waals surface area contributed by atoms with Crippen LogP contribution >= 0.6 is 11.3 Å². The van der Waals surface area contributed by atoms with Crippen LogP contribution in [0, 0.1) is 0 Å². The van der Waals surface area contributed by atoms with Gasteiger partial charge in [-0.25, -0.2) is 14.6 Å². The maximum absolute atomic E-state index is 11.5. The van der Waals surface area contributed by atoms with Gasteiger partial charge in [-0.3, -0.25) is 0 Å². The van der Waals surface area contributed by atoms with Crippen LogP contribution in [-0.4, -0.2) is 59.8 Å². The molecule has 0 unspecified atom stereocenters. The summed E-state index contributed by atoms with van der Waals surface area (Å²) in [5.74, 6) is -0.422. The molecule has 104 valence electrons. The first-order chi connectivity index (χ1) is 9.11. The fraction of sp³-hybridized carbons (Fsp3) is 0.545. The second-order valence-corrected chi connectivity index (χ2v) is 4.83. The highest BCUT2D eigenvalue weighted by Crippen LogP contribution is 2.22. The first kappa shape index (κ1) is 13.6. The van der Waals surface area contributed by atoms with Crippen LogP contribution in [0.1, 0.15) is 17.4 Å². The Morgan fingerprint density at radius 1 is 1.42 bits per heavy atom. The minimum Gasteiger partial charge on any atom is -0.465 e. The van der Waals surface area contributed by atoms with Gasteiger partial charge in [-0.2, -0.15) is 0 Å². The molecule has 0 aromatic carbocycles. The van der Waals surface area contributed by atoms with Crippen molar-refractivity contribution in [1.29, 1.82) is 0 Å². The van der Waals surface area contributed by atoms with E-state index in [4.69, 9.17) is 9.84 Å². The Hall–Kier alpha value is -1.83. The fourth-order valence-corrected chi connectivity index (χ4v) is 2.65. The van der Waals surface area contributed by atoms with Gasteiger partial charge in [-0.15, -0.1) is 11.3 Å². The SMILES string of the molecule is CCOC(=O)c1csc(N2CCN(C(=O)O)CC2)n1. The van der Waals surface area contributed by atoms with Crippen molar-refractivity contribution in [3.05, 3.63) is 11.1 Å². The molecule has 1 saturated heterocycles. The Balaban J connectivity index is 1.97. The van der Waals surface area contributed by atoms with Crippen LogP contribution in [0.4, 0.5) is 9.93 Å². The Morgan fingerprint density at radius 3 is 2.68 bits per heavy atom. The summed E-state index contributed by atoms with van der Waals surface area (Å²) in [6, 6.07) is 0. The van der Waals surface area contributed by atoms with Crippen LogP contribution in [0.3, 0.4) is 0 Å². The van der Waals surface area contributed by atoms with Crippen molar-refractivity contribution in [2.45, 2.75) is 6.92 Å². The number of amides is 1. The molecule has 7 nitrogen and oxygen atoms in total. The Morgan fingerprint density at radius 2 is 2.11 bits per heavy atom. The maximum atomic E-state index is 11.5. The summed E-state index contributed by atoms with van der Waals surface area (Å²) in [4.78, 5) is 29.9. The molecular weight excluding hydrogens is 270 g/mol. The molecule has 0 aliphatic carbocycles.